The van der Waals surface area contributed by atoms with Gasteiger partial charge in [0, 0.05) is 11.5 Å². The molecule has 1 fully saturated rings. The second kappa shape index (κ2) is 6.71. The van der Waals surface area contributed by atoms with Crippen LogP contribution in [0.2, 0.25) is 0 Å². The third-order valence-corrected chi connectivity index (χ3v) is 4.13. The summed E-state index contributed by atoms with van der Waals surface area (Å²) in [4.78, 5) is 11.8. The topological polar surface area (TPSA) is 26.3 Å². The van der Waals surface area contributed by atoms with Crippen LogP contribution in [0, 0.1) is 5.92 Å². The SMILES string of the molecule is CC(=O)c1ccccc1CC1COC/C1=C\c1ccccc1. The van der Waals surface area contributed by atoms with Crippen molar-refractivity contribution in [3.63, 3.8) is 0 Å². The van der Waals surface area contributed by atoms with E-state index in [1.165, 1.54) is 11.1 Å². The Balaban J connectivity index is 1.83. The van der Waals surface area contributed by atoms with Crippen molar-refractivity contribution in [1.29, 1.82) is 0 Å². The van der Waals surface area contributed by atoms with Crippen molar-refractivity contribution in [3.8, 4) is 0 Å². The molecule has 0 saturated carbocycles. The molecule has 1 aliphatic heterocycles. The number of benzene rings is 2. The molecular formula is C20H20O2. The minimum Gasteiger partial charge on any atom is -0.376 e. The number of carbonyl (C=O) groups is 1. The molecule has 0 spiro atoms. The van der Waals surface area contributed by atoms with Crippen molar-refractivity contribution < 1.29 is 9.53 Å². The lowest BCUT2D eigenvalue weighted by Crippen LogP contribution is -2.09. The Labute approximate surface area is 131 Å². The molecule has 1 unspecified atom stereocenters. The molecule has 2 heteroatoms. The Kier molecular flexibility index (Phi) is 4.50. The smallest absolute Gasteiger partial charge is 0.160 e. The van der Waals surface area contributed by atoms with Gasteiger partial charge in [0.15, 0.2) is 5.78 Å². The highest BCUT2D eigenvalue weighted by Gasteiger charge is 2.23. The highest BCUT2D eigenvalue weighted by molar-refractivity contribution is 5.95. The Morgan fingerprint density at radius 1 is 1.14 bits per heavy atom. The van der Waals surface area contributed by atoms with Crippen LogP contribution in [-0.4, -0.2) is 19.0 Å². The van der Waals surface area contributed by atoms with Crippen molar-refractivity contribution in [2.75, 3.05) is 13.2 Å². The van der Waals surface area contributed by atoms with Crippen LogP contribution in [0.3, 0.4) is 0 Å². The molecule has 0 N–H and O–H groups in total. The molecule has 2 nitrogen and oxygen atoms in total. The summed E-state index contributed by atoms with van der Waals surface area (Å²) in [5, 5.41) is 0. The van der Waals surface area contributed by atoms with Gasteiger partial charge in [0.2, 0.25) is 0 Å². The fraction of sp³-hybridized carbons (Fsp3) is 0.250. The van der Waals surface area contributed by atoms with Crippen molar-refractivity contribution in [3.05, 3.63) is 76.9 Å². The zero-order valence-electron chi connectivity index (χ0n) is 12.8. The number of Topliss-reactive ketones (excluding diaryl/α,β-unsaturated/α-hetero) is 1. The Hall–Kier alpha value is -2.19. The maximum atomic E-state index is 11.8. The summed E-state index contributed by atoms with van der Waals surface area (Å²) in [7, 11) is 0. The number of hydrogen-bond donors (Lipinski definition) is 0. The molecule has 0 aromatic heterocycles. The highest BCUT2D eigenvalue weighted by Crippen LogP contribution is 2.27. The van der Waals surface area contributed by atoms with Gasteiger partial charge in [-0.1, -0.05) is 60.7 Å². The lowest BCUT2D eigenvalue weighted by Gasteiger charge is -2.13. The van der Waals surface area contributed by atoms with Crippen LogP contribution in [-0.2, 0) is 11.2 Å². The normalized spacial score (nSPS) is 19.5. The number of ketones is 1. The van der Waals surface area contributed by atoms with Gasteiger partial charge in [0.1, 0.15) is 0 Å². The predicted octanol–water partition coefficient (Wildman–Crippen LogP) is 4.16. The third kappa shape index (κ3) is 3.34. The summed E-state index contributed by atoms with van der Waals surface area (Å²) >= 11 is 0. The molecule has 0 amide bonds. The molecule has 3 rings (SSSR count). The van der Waals surface area contributed by atoms with Gasteiger partial charge in [-0.2, -0.15) is 0 Å². The summed E-state index contributed by atoms with van der Waals surface area (Å²) in [5.41, 5.74) is 4.45. The average Bonchev–Trinajstić information content (AvgIpc) is 2.96. The van der Waals surface area contributed by atoms with Gasteiger partial charge in [-0.3, -0.25) is 4.79 Å². The quantitative estimate of drug-likeness (QED) is 0.791. The van der Waals surface area contributed by atoms with Gasteiger partial charge >= 0.3 is 0 Å². The molecular weight excluding hydrogens is 272 g/mol. The number of rotatable bonds is 4. The summed E-state index contributed by atoms with van der Waals surface area (Å²) in [6.45, 7) is 3.04. The van der Waals surface area contributed by atoms with Gasteiger partial charge < -0.3 is 4.74 Å². The largest absolute Gasteiger partial charge is 0.376 e. The number of carbonyl (C=O) groups excluding carboxylic acids is 1. The van der Waals surface area contributed by atoms with Crippen LogP contribution in [0.25, 0.3) is 6.08 Å². The van der Waals surface area contributed by atoms with E-state index >= 15 is 0 Å². The summed E-state index contributed by atoms with van der Waals surface area (Å²) < 4.78 is 5.66. The van der Waals surface area contributed by atoms with Crippen molar-refractivity contribution >= 4 is 11.9 Å². The first kappa shape index (κ1) is 14.7. The van der Waals surface area contributed by atoms with E-state index in [1.54, 1.807) is 6.92 Å². The molecule has 1 heterocycles. The molecule has 2 aromatic carbocycles. The maximum Gasteiger partial charge on any atom is 0.160 e. The van der Waals surface area contributed by atoms with Gasteiger partial charge in [-0.25, -0.2) is 0 Å². The van der Waals surface area contributed by atoms with E-state index in [9.17, 15) is 4.79 Å². The number of hydrogen-bond acceptors (Lipinski definition) is 2. The maximum absolute atomic E-state index is 11.8. The second-order valence-corrected chi connectivity index (χ2v) is 5.76. The first-order chi connectivity index (χ1) is 10.7. The van der Waals surface area contributed by atoms with E-state index in [-0.39, 0.29) is 5.78 Å². The van der Waals surface area contributed by atoms with Crippen molar-refractivity contribution in [2.24, 2.45) is 5.92 Å². The molecule has 1 aliphatic rings. The van der Waals surface area contributed by atoms with E-state index < -0.39 is 0 Å². The first-order valence-corrected chi connectivity index (χ1v) is 7.66. The zero-order chi connectivity index (χ0) is 15.4. The monoisotopic (exact) mass is 292 g/mol. The van der Waals surface area contributed by atoms with Gasteiger partial charge in [0.05, 0.1) is 13.2 Å². The minimum atomic E-state index is 0.128. The van der Waals surface area contributed by atoms with E-state index in [2.05, 4.69) is 24.3 Å². The molecule has 0 bridgehead atoms. The Morgan fingerprint density at radius 3 is 2.64 bits per heavy atom. The summed E-state index contributed by atoms with van der Waals surface area (Å²) in [6.07, 6.45) is 3.07. The standard InChI is InChI=1S/C20H20O2/c1-15(21)20-10-6-5-9-17(20)12-19-14-22-13-18(19)11-16-7-3-2-4-8-16/h2-11,19H,12-14H2,1H3/b18-11+. The van der Waals surface area contributed by atoms with E-state index in [4.69, 9.17) is 4.74 Å². The van der Waals surface area contributed by atoms with Gasteiger partial charge in [-0.05, 0) is 30.0 Å². The molecule has 1 saturated heterocycles. The zero-order valence-corrected chi connectivity index (χ0v) is 12.8. The first-order valence-electron chi connectivity index (χ1n) is 7.66. The van der Waals surface area contributed by atoms with Gasteiger partial charge in [0.25, 0.3) is 0 Å². The van der Waals surface area contributed by atoms with Crippen molar-refractivity contribution in [2.45, 2.75) is 13.3 Å². The summed E-state index contributed by atoms with van der Waals surface area (Å²) in [5.74, 6) is 0.476. The molecule has 2 aromatic rings. The van der Waals surface area contributed by atoms with Crippen LogP contribution in [0.4, 0.5) is 0 Å². The fourth-order valence-electron chi connectivity index (χ4n) is 2.96. The molecule has 0 aliphatic carbocycles. The second-order valence-electron chi connectivity index (χ2n) is 5.76. The summed E-state index contributed by atoms with van der Waals surface area (Å²) in [6, 6.07) is 18.2. The van der Waals surface area contributed by atoms with Crippen LogP contribution in [0.15, 0.2) is 60.2 Å². The highest BCUT2D eigenvalue weighted by atomic mass is 16.5. The number of ether oxygens (including phenoxy) is 1. The molecule has 1 atom stereocenters. The third-order valence-electron chi connectivity index (χ3n) is 4.13. The average molecular weight is 292 g/mol. The molecule has 22 heavy (non-hydrogen) atoms. The van der Waals surface area contributed by atoms with Crippen LogP contribution < -0.4 is 0 Å². The van der Waals surface area contributed by atoms with E-state index in [0.717, 1.165) is 24.2 Å². The lowest BCUT2D eigenvalue weighted by atomic mass is 9.90. The lowest BCUT2D eigenvalue weighted by molar-refractivity contribution is 0.101. The van der Waals surface area contributed by atoms with Crippen LogP contribution in [0.1, 0.15) is 28.4 Å². The fourth-order valence-corrected chi connectivity index (χ4v) is 2.96. The predicted molar refractivity (Wildman–Crippen MR) is 88.9 cm³/mol. The molecule has 112 valence electrons. The van der Waals surface area contributed by atoms with Crippen LogP contribution in [0.5, 0.6) is 0 Å². The van der Waals surface area contributed by atoms with Crippen LogP contribution >= 0.6 is 0 Å². The van der Waals surface area contributed by atoms with E-state index in [1.807, 2.05) is 36.4 Å². The Morgan fingerprint density at radius 2 is 1.86 bits per heavy atom. The van der Waals surface area contributed by atoms with Crippen molar-refractivity contribution in [1.82, 2.24) is 0 Å². The van der Waals surface area contributed by atoms with Gasteiger partial charge in [-0.15, -0.1) is 0 Å². The Bertz CT molecular complexity index is 686. The van der Waals surface area contributed by atoms with E-state index in [0.29, 0.717) is 12.5 Å². The minimum absolute atomic E-state index is 0.128. The molecule has 0 radical (unpaired) electrons.